The first-order chi connectivity index (χ1) is 11.3. The van der Waals surface area contributed by atoms with Crippen LogP contribution in [-0.4, -0.2) is 42.3 Å². The second-order valence-corrected chi connectivity index (χ2v) is 9.86. The maximum absolute atomic E-state index is 12.0. The summed E-state index contributed by atoms with van der Waals surface area (Å²) >= 11 is 7.62. The fourth-order valence-electron chi connectivity index (χ4n) is 3.08. The Morgan fingerprint density at radius 3 is 2.88 bits per heavy atom. The number of rotatable bonds is 3. The van der Waals surface area contributed by atoms with Crippen molar-refractivity contribution in [1.82, 2.24) is 0 Å². The van der Waals surface area contributed by atoms with E-state index in [-0.39, 0.29) is 28.7 Å². The monoisotopic (exact) mass is 386 g/mol. The van der Waals surface area contributed by atoms with Crippen molar-refractivity contribution in [2.45, 2.75) is 38.0 Å². The number of benzene rings is 1. The highest BCUT2D eigenvalue weighted by molar-refractivity contribution is 8.16. The van der Waals surface area contributed by atoms with Gasteiger partial charge in [0.1, 0.15) is 0 Å². The van der Waals surface area contributed by atoms with E-state index in [1.165, 1.54) is 11.8 Å². The minimum absolute atomic E-state index is 0.0810. The van der Waals surface area contributed by atoms with E-state index in [1.807, 2.05) is 30.9 Å². The van der Waals surface area contributed by atoms with Crippen molar-refractivity contribution in [2.75, 3.05) is 16.4 Å². The van der Waals surface area contributed by atoms with Gasteiger partial charge >= 0.3 is 0 Å². The van der Waals surface area contributed by atoms with E-state index < -0.39 is 9.84 Å². The molecule has 5 nitrogen and oxygen atoms in total. The van der Waals surface area contributed by atoms with Crippen molar-refractivity contribution in [3.63, 3.8) is 0 Å². The molecule has 2 aliphatic rings. The van der Waals surface area contributed by atoms with Crippen molar-refractivity contribution in [1.29, 1.82) is 0 Å². The van der Waals surface area contributed by atoms with Gasteiger partial charge in [-0.1, -0.05) is 36.4 Å². The molecule has 2 atom stereocenters. The predicted octanol–water partition coefficient (Wildman–Crippen LogP) is 3.05. The van der Waals surface area contributed by atoms with Crippen molar-refractivity contribution in [3.05, 3.63) is 28.8 Å². The molecule has 1 aromatic rings. The van der Waals surface area contributed by atoms with E-state index in [0.29, 0.717) is 16.6 Å². The summed E-state index contributed by atoms with van der Waals surface area (Å²) in [5.41, 5.74) is 1.68. The number of carbonyl (C=O) groups is 1. The van der Waals surface area contributed by atoms with Crippen LogP contribution in [0.25, 0.3) is 0 Å². The molecular weight excluding hydrogens is 368 g/mol. The fourth-order valence-corrected chi connectivity index (χ4v) is 7.17. The molecule has 0 bridgehead atoms. The number of anilines is 1. The van der Waals surface area contributed by atoms with Gasteiger partial charge in [-0.15, -0.1) is 0 Å². The molecule has 0 saturated carbocycles. The lowest BCUT2D eigenvalue weighted by Gasteiger charge is -2.26. The van der Waals surface area contributed by atoms with Gasteiger partial charge < -0.3 is 4.90 Å². The lowest BCUT2D eigenvalue weighted by Crippen LogP contribution is -2.38. The first-order valence-electron chi connectivity index (χ1n) is 7.85. The molecule has 0 unspecified atom stereocenters. The average Bonchev–Trinajstić information content (AvgIpc) is 2.94. The third kappa shape index (κ3) is 3.34. The molecule has 0 N–H and O–H groups in total. The minimum atomic E-state index is -3.07. The summed E-state index contributed by atoms with van der Waals surface area (Å²) in [4.78, 5) is 18.2. The summed E-state index contributed by atoms with van der Waals surface area (Å²) in [6, 6.07) is 5.32. The van der Waals surface area contributed by atoms with Crippen molar-refractivity contribution in [3.8, 4) is 0 Å². The molecule has 24 heavy (non-hydrogen) atoms. The summed E-state index contributed by atoms with van der Waals surface area (Å²) in [6.07, 6.45) is 1.12. The van der Waals surface area contributed by atoms with E-state index in [2.05, 4.69) is 4.99 Å². The fraction of sp³-hybridized carbons (Fsp3) is 0.500. The Bertz CT molecular complexity index is 808. The number of amidine groups is 1. The van der Waals surface area contributed by atoms with Crippen LogP contribution < -0.4 is 4.90 Å². The highest BCUT2D eigenvalue weighted by Gasteiger charge is 2.49. The van der Waals surface area contributed by atoms with Crippen LogP contribution >= 0.6 is 23.4 Å². The van der Waals surface area contributed by atoms with Gasteiger partial charge in [0.05, 0.1) is 17.5 Å². The molecule has 0 radical (unpaired) electrons. The van der Waals surface area contributed by atoms with Crippen LogP contribution in [0.15, 0.2) is 23.2 Å². The minimum Gasteiger partial charge on any atom is -0.315 e. The average molecular weight is 387 g/mol. The van der Waals surface area contributed by atoms with Crippen LogP contribution in [0, 0.1) is 6.92 Å². The smallest absolute Gasteiger partial charge is 0.248 e. The topological polar surface area (TPSA) is 66.8 Å². The highest BCUT2D eigenvalue weighted by Crippen LogP contribution is 2.42. The quantitative estimate of drug-likeness (QED) is 0.798. The number of hydrogen-bond donors (Lipinski definition) is 0. The van der Waals surface area contributed by atoms with Crippen molar-refractivity contribution < 1.29 is 13.2 Å². The molecule has 2 fully saturated rings. The van der Waals surface area contributed by atoms with Gasteiger partial charge in [-0.25, -0.2) is 8.42 Å². The number of carbonyl (C=O) groups excluding carboxylic acids is 1. The Morgan fingerprint density at radius 2 is 2.17 bits per heavy atom. The van der Waals surface area contributed by atoms with Crippen molar-refractivity contribution >= 4 is 50.0 Å². The van der Waals surface area contributed by atoms with Crippen LogP contribution in [0.1, 0.15) is 25.3 Å². The summed E-state index contributed by atoms with van der Waals surface area (Å²) < 4.78 is 24.1. The number of thioether (sulfide) groups is 1. The molecule has 0 spiro atoms. The second-order valence-electron chi connectivity index (χ2n) is 6.09. The number of aliphatic imine (C=N–C) groups is 1. The second kappa shape index (κ2) is 6.69. The molecule has 2 heterocycles. The summed E-state index contributed by atoms with van der Waals surface area (Å²) in [5.74, 6) is 0.0318. The van der Waals surface area contributed by atoms with E-state index in [0.717, 1.165) is 17.7 Å². The van der Waals surface area contributed by atoms with E-state index in [4.69, 9.17) is 11.6 Å². The van der Waals surface area contributed by atoms with Crippen LogP contribution in [0.3, 0.4) is 0 Å². The third-order valence-electron chi connectivity index (χ3n) is 4.25. The van der Waals surface area contributed by atoms with Crippen LogP contribution in [-0.2, 0) is 14.6 Å². The number of fused-ring (bicyclic) bond motifs is 1. The van der Waals surface area contributed by atoms with E-state index in [1.54, 1.807) is 6.07 Å². The molecule has 0 aromatic heterocycles. The molecule has 130 valence electrons. The van der Waals surface area contributed by atoms with Gasteiger partial charge in [0.25, 0.3) is 0 Å². The normalized spacial score (nSPS) is 26.8. The molecular formula is C16H19ClN2O3S2. The molecule has 2 aliphatic heterocycles. The lowest BCUT2D eigenvalue weighted by molar-refractivity contribution is -0.117. The standard InChI is InChI=1S/C16H19ClN2O3S2/c1-3-5-15(20)18-16-19(12-7-4-6-11(17)10(12)2)13-8-24(21,22)9-14(13)23-16/h4,6-7,13-14H,3,5,8-9H2,1-2H3/t13-,14-/m1/s1. The van der Waals surface area contributed by atoms with Crippen LogP contribution in [0.4, 0.5) is 5.69 Å². The molecule has 1 amide bonds. The van der Waals surface area contributed by atoms with Gasteiger partial charge in [-0.2, -0.15) is 4.99 Å². The summed E-state index contributed by atoms with van der Waals surface area (Å²) in [6.45, 7) is 3.82. The molecule has 3 rings (SSSR count). The number of amides is 1. The predicted molar refractivity (Wildman–Crippen MR) is 99.8 cm³/mol. The molecule has 1 aromatic carbocycles. The Kier molecular flexibility index (Phi) is 4.95. The zero-order valence-corrected chi connectivity index (χ0v) is 15.9. The maximum atomic E-state index is 12.0. The van der Waals surface area contributed by atoms with Gasteiger partial charge in [0.15, 0.2) is 15.0 Å². The Morgan fingerprint density at radius 1 is 1.42 bits per heavy atom. The van der Waals surface area contributed by atoms with Gasteiger partial charge in [0, 0.05) is 22.4 Å². The number of halogens is 1. The van der Waals surface area contributed by atoms with E-state index >= 15 is 0 Å². The number of sulfone groups is 1. The zero-order chi connectivity index (χ0) is 17.5. The van der Waals surface area contributed by atoms with Gasteiger partial charge in [-0.05, 0) is 31.0 Å². The summed E-state index contributed by atoms with van der Waals surface area (Å²) in [7, 11) is -3.07. The Hall–Kier alpha value is -1.05. The Labute approximate surface area is 151 Å². The van der Waals surface area contributed by atoms with Gasteiger partial charge in [-0.3, -0.25) is 4.79 Å². The largest absolute Gasteiger partial charge is 0.315 e. The first kappa shape index (κ1) is 17.8. The zero-order valence-electron chi connectivity index (χ0n) is 13.5. The summed E-state index contributed by atoms with van der Waals surface area (Å²) in [5, 5.41) is 1.10. The van der Waals surface area contributed by atoms with Gasteiger partial charge in [0.2, 0.25) is 5.91 Å². The number of nitrogens with zero attached hydrogens (tertiary/aromatic N) is 2. The molecule has 0 aliphatic carbocycles. The lowest BCUT2D eigenvalue weighted by atomic mass is 10.1. The van der Waals surface area contributed by atoms with Crippen LogP contribution in [0.5, 0.6) is 0 Å². The first-order valence-corrected chi connectivity index (χ1v) is 10.9. The third-order valence-corrected chi connectivity index (χ3v) is 7.87. The SMILES string of the molecule is CCCC(=O)N=C1S[C@@H]2CS(=O)(=O)C[C@H]2N1c1cccc(Cl)c1C. The van der Waals surface area contributed by atoms with E-state index in [9.17, 15) is 13.2 Å². The molecule has 8 heteroatoms. The van der Waals surface area contributed by atoms with Crippen molar-refractivity contribution in [2.24, 2.45) is 4.99 Å². The number of hydrogen-bond acceptors (Lipinski definition) is 4. The molecule has 2 saturated heterocycles. The van der Waals surface area contributed by atoms with Crippen LogP contribution in [0.2, 0.25) is 5.02 Å². The highest BCUT2D eigenvalue weighted by atomic mass is 35.5. The maximum Gasteiger partial charge on any atom is 0.248 e. The Balaban J connectivity index is 2.05.